The minimum Gasteiger partial charge on any atom is -0.478 e. The highest BCUT2D eigenvalue weighted by Crippen LogP contribution is 2.35. The fourth-order valence-corrected chi connectivity index (χ4v) is 3.62. The van der Waals surface area contributed by atoms with Gasteiger partial charge >= 0.3 is 5.97 Å². The number of aromatic carboxylic acids is 1. The molecule has 2 aromatic rings. The second-order valence-corrected chi connectivity index (χ2v) is 7.30. The van der Waals surface area contributed by atoms with Crippen LogP contribution in [-0.2, 0) is 0 Å². The molecule has 0 saturated carbocycles. The Morgan fingerprint density at radius 1 is 1.17 bits per heavy atom. The molecule has 1 unspecified atom stereocenters. The first-order chi connectivity index (χ1) is 11.5. The summed E-state index contributed by atoms with van der Waals surface area (Å²) in [5.41, 5.74) is 1.47. The zero-order valence-electron chi connectivity index (χ0n) is 13.2. The average molecular weight is 408 g/mol. The van der Waals surface area contributed by atoms with Crippen LogP contribution in [0.25, 0.3) is 0 Å². The molecule has 0 fully saturated rings. The number of thioether (sulfide) groups is 1. The molecule has 4 nitrogen and oxygen atoms in total. The largest absolute Gasteiger partial charge is 0.478 e. The Labute approximate surface area is 153 Å². The van der Waals surface area contributed by atoms with Crippen LogP contribution < -0.4 is 5.32 Å². The van der Waals surface area contributed by atoms with E-state index in [4.69, 9.17) is 0 Å². The second-order valence-electron chi connectivity index (χ2n) is 5.21. The lowest BCUT2D eigenvalue weighted by Gasteiger charge is -2.16. The van der Waals surface area contributed by atoms with Crippen LogP contribution in [0.2, 0.25) is 0 Å². The smallest absolute Gasteiger partial charge is 0.337 e. The van der Waals surface area contributed by atoms with E-state index in [2.05, 4.69) is 28.2 Å². The molecule has 0 bridgehead atoms. The zero-order valence-corrected chi connectivity index (χ0v) is 15.6. The van der Waals surface area contributed by atoms with E-state index in [0.717, 1.165) is 22.9 Å². The monoisotopic (exact) mass is 407 g/mol. The maximum Gasteiger partial charge on any atom is 0.337 e. The Hall–Kier alpha value is -1.79. The number of amides is 1. The van der Waals surface area contributed by atoms with E-state index in [1.54, 1.807) is 18.2 Å². The van der Waals surface area contributed by atoms with Gasteiger partial charge in [0.25, 0.3) is 5.24 Å². The van der Waals surface area contributed by atoms with E-state index in [1.807, 2.05) is 24.3 Å². The minimum absolute atomic E-state index is 0.0279. The molecule has 0 saturated heterocycles. The number of para-hydroxylation sites is 1. The summed E-state index contributed by atoms with van der Waals surface area (Å²) in [7, 11) is 0. The van der Waals surface area contributed by atoms with E-state index < -0.39 is 5.97 Å². The van der Waals surface area contributed by atoms with Crippen molar-refractivity contribution in [1.29, 1.82) is 0 Å². The molecule has 0 heterocycles. The number of carboxylic acid groups (broad SMARTS) is 1. The van der Waals surface area contributed by atoms with Gasteiger partial charge in [-0.15, -0.1) is 0 Å². The summed E-state index contributed by atoms with van der Waals surface area (Å²) < 4.78 is 0.992. The minimum atomic E-state index is -1.06. The fourth-order valence-electron chi connectivity index (χ4n) is 2.28. The number of nitrogens with one attached hydrogen (secondary N) is 1. The lowest BCUT2D eigenvalue weighted by atomic mass is 10.1. The quantitative estimate of drug-likeness (QED) is 0.620. The van der Waals surface area contributed by atoms with Crippen molar-refractivity contribution in [3.63, 3.8) is 0 Å². The third kappa shape index (κ3) is 5.11. The van der Waals surface area contributed by atoms with Crippen molar-refractivity contribution < 1.29 is 14.7 Å². The Kier molecular flexibility index (Phi) is 6.87. The first-order valence-corrected chi connectivity index (χ1v) is 9.24. The molecule has 0 aromatic heterocycles. The summed E-state index contributed by atoms with van der Waals surface area (Å²) in [5, 5.41) is 11.7. The molecule has 2 aromatic carbocycles. The number of halogens is 1. The molecule has 24 heavy (non-hydrogen) atoms. The highest BCUT2D eigenvalue weighted by Gasteiger charge is 2.18. The molecule has 1 atom stereocenters. The van der Waals surface area contributed by atoms with Gasteiger partial charge in [0.2, 0.25) is 0 Å². The van der Waals surface area contributed by atoms with Gasteiger partial charge in [-0.2, -0.15) is 0 Å². The third-order valence-corrected chi connectivity index (χ3v) is 5.07. The van der Waals surface area contributed by atoms with Gasteiger partial charge in [-0.3, -0.25) is 4.79 Å². The number of benzene rings is 2. The van der Waals surface area contributed by atoms with Crippen LogP contribution in [0.1, 0.15) is 40.9 Å². The topological polar surface area (TPSA) is 66.4 Å². The first kappa shape index (κ1) is 18.5. The van der Waals surface area contributed by atoms with Crippen molar-refractivity contribution in [3.8, 4) is 0 Å². The van der Waals surface area contributed by atoms with Gasteiger partial charge in [0.15, 0.2) is 0 Å². The fraction of sp³-hybridized carbons (Fsp3) is 0.222. The van der Waals surface area contributed by atoms with Crippen molar-refractivity contribution in [2.45, 2.75) is 25.0 Å². The number of carbonyl (C=O) groups is 2. The van der Waals surface area contributed by atoms with Crippen LogP contribution in [0, 0.1) is 0 Å². The number of hydrogen-bond donors (Lipinski definition) is 2. The van der Waals surface area contributed by atoms with Gasteiger partial charge in [0, 0.05) is 9.72 Å². The van der Waals surface area contributed by atoms with Crippen molar-refractivity contribution in [3.05, 3.63) is 64.1 Å². The number of carboxylic acids is 1. The van der Waals surface area contributed by atoms with E-state index in [-0.39, 0.29) is 16.1 Å². The molecule has 126 valence electrons. The molecule has 0 radical (unpaired) electrons. The van der Waals surface area contributed by atoms with Crippen molar-refractivity contribution >= 4 is 44.6 Å². The highest BCUT2D eigenvalue weighted by atomic mass is 79.9. The number of anilines is 1. The molecule has 0 aliphatic carbocycles. The predicted octanol–water partition coefficient (Wildman–Crippen LogP) is 5.95. The standard InChI is InChI=1S/C18H18BrNO3S/c1-2-5-16(12-8-10-13(19)11-9-12)24-18(23)20-15-7-4-3-6-14(15)17(21)22/h3-4,6-11,16H,2,5H2,1H3,(H,20,23)(H,21,22). The maximum absolute atomic E-state index is 12.4. The molecule has 1 amide bonds. The summed E-state index contributed by atoms with van der Waals surface area (Å²) in [6.45, 7) is 2.07. The normalized spacial score (nSPS) is 11.8. The van der Waals surface area contributed by atoms with Gasteiger partial charge in [-0.05, 0) is 36.2 Å². The van der Waals surface area contributed by atoms with Crippen LogP contribution >= 0.6 is 27.7 Å². The second kappa shape index (κ2) is 8.89. The van der Waals surface area contributed by atoms with E-state index in [1.165, 1.54) is 17.8 Å². The number of rotatable bonds is 6. The van der Waals surface area contributed by atoms with Gasteiger partial charge in [-0.1, -0.05) is 65.3 Å². The van der Waals surface area contributed by atoms with Crippen LogP contribution in [0.5, 0.6) is 0 Å². The Bertz CT molecular complexity index is 718. The molecule has 2 rings (SSSR count). The van der Waals surface area contributed by atoms with Crippen LogP contribution in [0.3, 0.4) is 0 Å². The third-order valence-electron chi connectivity index (χ3n) is 3.44. The van der Waals surface area contributed by atoms with Crippen LogP contribution in [-0.4, -0.2) is 16.3 Å². The highest BCUT2D eigenvalue weighted by molar-refractivity contribution is 9.10. The molecule has 6 heteroatoms. The molecule has 0 aliphatic heterocycles. The average Bonchev–Trinajstić information content (AvgIpc) is 2.55. The van der Waals surface area contributed by atoms with Crippen molar-refractivity contribution in [2.24, 2.45) is 0 Å². The lowest BCUT2D eigenvalue weighted by Crippen LogP contribution is -2.11. The molecule has 0 aliphatic rings. The Morgan fingerprint density at radius 2 is 1.83 bits per heavy atom. The first-order valence-electron chi connectivity index (χ1n) is 7.56. The lowest BCUT2D eigenvalue weighted by molar-refractivity contribution is 0.0698. The summed E-state index contributed by atoms with van der Waals surface area (Å²) in [5.74, 6) is -1.06. The van der Waals surface area contributed by atoms with Gasteiger partial charge in [0.1, 0.15) is 0 Å². The van der Waals surface area contributed by atoms with Gasteiger partial charge < -0.3 is 10.4 Å². The van der Waals surface area contributed by atoms with Crippen molar-refractivity contribution in [2.75, 3.05) is 5.32 Å². The molecular weight excluding hydrogens is 390 g/mol. The number of carbonyl (C=O) groups excluding carboxylic acids is 1. The van der Waals surface area contributed by atoms with E-state index in [0.29, 0.717) is 5.69 Å². The van der Waals surface area contributed by atoms with E-state index in [9.17, 15) is 14.7 Å². The van der Waals surface area contributed by atoms with Gasteiger partial charge in [-0.25, -0.2) is 4.79 Å². The maximum atomic E-state index is 12.4. The number of hydrogen-bond acceptors (Lipinski definition) is 3. The van der Waals surface area contributed by atoms with Crippen LogP contribution in [0.4, 0.5) is 10.5 Å². The molecule has 2 N–H and O–H groups in total. The zero-order chi connectivity index (χ0) is 17.5. The summed E-state index contributed by atoms with van der Waals surface area (Å²) in [6, 6.07) is 14.3. The molecule has 0 spiro atoms. The van der Waals surface area contributed by atoms with Crippen molar-refractivity contribution in [1.82, 2.24) is 0 Å². The predicted molar refractivity (Wildman–Crippen MR) is 102 cm³/mol. The summed E-state index contributed by atoms with van der Waals surface area (Å²) >= 11 is 4.59. The Morgan fingerprint density at radius 3 is 2.46 bits per heavy atom. The van der Waals surface area contributed by atoms with Gasteiger partial charge in [0.05, 0.1) is 11.3 Å². The summed E-state index contributed by atoms with van der Waals surface area (Å²) in [4.78, 5) is 23.6. The molecular formula is C18H18BrNO3S. The summed E-state index contributed by atoms with van der Waals surface area (Å²) in [6.07, 6.45) is 1.81. The van der Waals surface area contributed by atoms with Crippen LogP contribution in [0.15, 0.2) is 53.0 Å². The van der Waals surface area contributed by atoms with E-state index >= 15 is 0 Å². The SMILES string of the molecule is CCCC(SC(=O)Nc1ccccc1C(=O)O)c1ccc(Br)cc1. The Balaban J connectivity index is 2.11.